The van der Waals surface area contributed by atoms with E-state index in [9.17, 15) is 18.5 Å². The third kappa shape index (κ3) is 4.71. The minimum atomic E-state index is -4.00. The zero-order chi connectivity index (χ0) is 21.9. The Balaban J connectivity index is 1.93. The lowest BCUT2D eigenvalue weighted by atomic mass is 10.1. The number of benzene rings is 2. The van der Waals surface area contributed by atoms with Gasteiger partial charge < -0.3 is 4.90 Å². The molecule has 1 heterocycles. The molecule has 1 N–H and O–H groups in total. The highest BCUT2D eigenvalue weighted by molar-refractivity contribution is 7.92. The standard InChI is InChI=1S/C20H21N5O4S/c1-14-4-6-18(15(2)10-14)23-30(28,29)17-5-7-19(20(11-17)25(26)27)24(3)13-16-12-21-8-9-22-16/h4-12,23H,13H2,1-3H3. The van der Waals surface area contributed by atoms with Gasteiger partial charge in [-0.3, -0.25) is 24.8 Å². The van der Waals surface area contributed by atoms with Crippen LogP contribution in [0.4, 0.5) is 17.1 Å². The van der Waals surface area contributed by atoms with Gasteiger partial charge in [-0.2, -0.15) is 0 Å². The fourth-order valence-electron chi connectivity index (χ4n) is 3.01. The molecule has 30 heavy (non-hydrogen) atoms. The zero-order valence-electron chi connectivity index (χ0n) is 16.7. The third-order valence-corrected chi connectivity index (χ3v) is 5.87. The second-order valence-electron chi connectivity index (χ2n) is 6.88. The van der Waals surface area contributed by atoms with E-state index in [1.54, 1.807) is 37.2 Å². The molecule has 0 spiro atoms. The zero-order valence-corrected chi connectivity index (χ0v) is 17.5. The second kappa shape index (κ2) is 8.46. The van der Waals surface area contributed by atoms with Crippen LogP contribution in [0.3, 0.4) is 0 Å². The molecule has 0 bridgehead atoms. The number of nitrogens with zero attached hydrogens (tertiary/aromatic N) is 4. The second-order valence-corrected chi connectivity index (χ2v) is 8.57. The van der Waals surface area contributed by atoms with Crippen molar-refractivity contribution in [1.82, 2.24) is 9.97 Å². The molecule has 0 aliphatic carbocycles. The molecule has 0 unspecified atom stereocenters. The normalized spacial score (nSPS) is 11.2. The van der Waals surface area contributed by atoms with Crippen molar-refractivity contribution in [2.24, 2.45) is 0 Å². The first-order valence-corrected chi connectivity index (χ1v) is 10.5. The highest BCUT2D eigenvalue weighted by Crippen LogP contribution is 2.32. The van der Waals surface area contributed by atoms with Gasteiger partial charge in [-0.15, -0.1) is 0 Å². The lowest BCUT2D eigenvalue weighted by molar-refractivity contribution is -0.384. The summed E-state index contributed by atoms with van der Waals surface area (Å²) in [4.78, 5) is 20.6. The number of nitro benzene ring substituents is 1. The Morgan fingerprint density at radius 2 is 1.90 bits per heavy atom. The number of aryl methyl sites for hydroxylation is 2. The van der Waals surface area contributed by atoms with Crippen molar-refractivity contribution in [3.05, 3.63) is 81.9 Å². The summed E-state index contributed by atoms with van der Waals surface area (Å²) in [6.45, 7) is 3.98. The number of anilines is 2. The van der Waals surface area contributed by atoms with Crippen molar-refractivity contribution in [3.8, 4) is 0 Å². The molecule has 0 saturated heterocycles. The van der Waals surface area contributed by atoms with Gasteiger partial charge in [0, 0.05) is 25.5 Å². The Labute approximate surface area is 174 Å². The summed E-state index contributed by atoms with van der Waals surface area (Å²) in [7, 11) is -2.34. The Bertz CT molecular complexity index is 1180. The molecule has 0 radical (unpaired) electrons. The van der Waals surface area contributed by atoms with E-state index in [1.165, 1.54) is 24.5 Å². The molecule has 3 aromatic rings. The van der Waals surface area contributed by atoms with E-state index >= 15 is 0 Å². The molecule has 0 aliphatic rings. The molecule has 0 fully saturated rings. The van der Waals surface area contributed by atoms with Gasteiger partial charge in [0.15, 0.2) is 0 Å². The van der Waals surface area contributed by atoms with Gasteiger partial charge in [0.2, 0.25) is 0 Å². The molecule has 2 aromatic carbocycles. The van der Waals surface area contributed by atoms with Crippen LogP contribution < -0.4 is 9.62 Å². The Morgan fingerprint density at radius 1 is 1.13 bits per heavy atom. The summed E-state index contributed by atoms with van der Waals surface area (Å²) in [5, 5.41) is 11.6. The lowest BCUT2D eigenvalue weighted by Gasteiger charge is -2.19. The maximum Gasteiger partial charge on any atom is 0.293 e. The van der Waals surface area contributed by atoms with Crippen LogP contribution in [0, 0.1) is 24.0 Å². The molecule has 0 saturated carbocycles. The average Bonchev–Trinajstić information content (AvgIpc) is 2.70. The molecule has 0 amide bonds. The SMILES string of the molecule is Cc1ccc(NS(=O)(=O)c2ccc(N(C)Cc3cnccn3)c([N+](=O)[O-])c2)c(C)c1. The topological polar surface area (TPSA) is 118 Å². The molecule has 3 rings (SSSR count). The highest BCUT2D eigenvalue weighted by Gasteiger charge is 2.24. The first-order chi connectivity index (χ1) is 14.2. The van der Waals surface area contributed by atoms with E-state index in [1.807, 2.05) is 13.0 Å². The molecule has 10 heteroatoms. The third-order valence-electron chi connectivity index (χ3n) is 4.51. The van der Waals surface area contributed by atoms with E-state index in [4.69, 9.17) is 0 Å². The van der Waals surface area contributed by atoms with Crippen LogP contribution in [-0.4, -0.2) is 30.4 Å². The van der Waals surface area contributed by atoms with Gasteiger partial charge in [0.05, 0.1) is 33.9 Å². The van der Waals surface area contributed by atoms with Crippen LogP contribution in [-0.2, 0) is 16.6 Å². The predicted octanol–water partition coefficient (Wildman–Crippen LogP) is 3.44. The largest absolute Gasteiger partial charge is 0.363 e. The van der Waals surface area contributed by atoms with Gasteiger partial charge in [0.25, 0.3) is 15.7 Å². The smallest absolute Gasteiger partial charge is 0.293 e. The van der Waals surface area contributed by atoms with Crippen molar-refractivity contribution >= 4 is 27.1 Å². The molecular weight excluding hydrogens is 406 g/mol. The van der Waals surface area contributed by atoms with E-state index in [0.29, 0.717) is 11.4 Å². The molecule has 156 valence electrons. The number of aromatic nitrogens is 2. The number of nitrogens with one attached hydrogen (secondary N) is 1. The first-order valence-electron chi connectivity index (χ1n) is 9.02. The van der Waals surface area contributed by atoms with Gasteiger partial charge in [-0.1, -0.05) is 17.7 Å². The highest BCUT2D eigenvalue weighted by atomic mass is 32.2. The Kier molecular flexibility index (Phi) is 5.97. The summed E-state index contributed by atoms with van der Waals surface area (Å²) in [6, 6.07) is 9.14. The predicted molar refractivity (Wildman–Crippen MR) is 114 cm³/mol. The van der Waals surface area contributed by atoms with Gasteiger partial charge >= 0.3 is 0 Å². The van der Waals surface area contributed by atoms with Crippen molar-refractivity contribution < 1.29 is 13.3 Å². The van der Waals surface area contributed by atoms with Gasteiger partial charge in [-0.05, 0) is 37.6 Å². The molecule has 0 atom stereocenters. The number of hydrogen-bond donors (Lipinski definition) is 1. The maximum absolute atomic E-state index is 12.8. The minimum absolute atomic E-state index is 0.189. The molecule has 0 aliphatic heterocycles. The fourth-order valence-corrected chi connectivity index (χ4v) is 4.16. The number of nitro groups is 1. The van der Waals surface area contributed by atoms with Crippen molar-refractivity contribution in [1.29, 1.82) is 0 Å². The van der Waals surface area contributed by atoms with E-state index in [2.05, 4.69) is 14.7 Å². The summed E-state index contributed by atoms with van der Waals surface area (Å²) < 4.78 is 28.1. The van der Waals surface area contributed by atoms with Gasteiger partial charge in [-0.25, -0.2) is 8.42 Å². The van der Waals surface area contributed by atoms with Crippen molar-refractivity contribution in [2.45, 2.75) is 25.3 Å². The Hall–Kier alpha value is -3.53. The summed E-state index contributed by atoms with van der Waals surface area (Å²) in [5.74, 6) is 0. The lowest BCUT2D eigenvalue weighted by Crippen LogP contribution is -2.19. The number of rotatable bonds is 7. The first kappa shape index (κ1) is 21.2. The molecule has 1 aromatic heterocycles. The van der Waals surface area contributed by atoms with E-state index < -0.39 is 14.9 Å². The van der Waals surface area contributed by atoms with Crippen molar-refractivity contribution in [2.75, 3.05) is 16.7 Å². The van der Waals surface area contributed by atoms with Crippen molar-refractivity contribution in [3.63, 3.8) is 0 Å². The molecule has 9 nitrogen and oxygen atoms in total. The van der Waals surface area contributed by atoms with Crippen LogP contribution in [0.15, 0.2) is 59.9 Å². The van der Waals surface area contributed by atoms with Crippen LogP contribution >= 0.6 is 0 Å². The van der Waals surface area contributed by atoms with Crippen LogP contribution in [0.2, 0.25) is 0 Å². The summed E-state index contributed by atoms with van der Waals surface area (Å²) in [5.41, 5.74) is 2.77. The molecular formula is C20H21N5O4S. The van der Waals surface area contributed by atoms with Crippen LogP contribution in [0.5, 0.6) is 0 Å². The summed E-state index contributed by atoms with van der Waals surface area (Å²) in [6.07, 6.45) is 4.63. The Morgan fingerprint density at radius 3 is 2.53 bits per heavy atom. The average molecular weight is 427 g/mol. The van der Waals surface area contributed by atoms with Gasteiger partial charge in [0.1, 0.15) is 5.69 Å². The van der Waals surface area contributed by atoms with Crippen LogP contribution in [0.25, 0.3) is 0 Å². The minimum Gasteiger partial charge on any atom is -0.363 e. The quantitative estimate of drug-likeness (QED) is 0.453. The van der Waals surface area contributed by atoms with Crippen LogP contribution in [0.1, 0.15) is 16.8 Å². The van der Waals surface area contributed by atoms with E-state index in [-0.39, 0.29) is 22.8 Å². The summed E-state index contributed by atoms with van der Waals surface area (Å²) >= 11 is 0. The number of sulfonamides is 1. The fraction of sp³-hybridized carbons (Fsp3) is 0.200. The monoisotopic (exact) mass is 427 g/mol. The number of hydrogen-bond acceptors (Lipinski definition) is 7. The van der Waals surface area contributed by atoms with E-state index in [0.717, 1.165) is 17.2 Å². The maximum atomic E-state index is 12.8.